The number of nitrogens with zero attached hydrogens (tertiary/aromatic N) is 2. The molecule has 1 aliphatic carbocycles. The quantitative estimate of drug-likeness (QED) is 0.871. The molecule has 2 aliphatic rings. The van der Waals surface area contributed by atoms with E-state index in [0.29, 0.717) is 19.0 Å². The Morgan fingerprint density at radius 3 is 2.83 bits per heavy atom. The van der Waals surface area contributed by atoms with Crippen molar-refractivity contribution in [2.24, 2.45) is 11.8 Å². The maximum atomic E-state index is 13.0. The molecule has 1 aromatic carbocycles. The summed E-state index contributed by atoms with van der Waals surface area (Å²) in [6.07, 6.45) is 4.96. The molecule has 0 bridgehead atoms. The number of hydrogen-bond acceptors (Lipinski definition) is 2. The van der Waals surface area contributed by atoms with Crippen LogP contribution in [0.2, 0.25) is 0 Å². The van der Waals surface area contributed by atoms with Gasteiger partial charge in [0, 0.05) is 30.1 Å². The van der Waals surface area contributed by atoms with E-state index >= 15 is 0 Å². The lowest BCUT2D eigenvalue weighted by atomic mass is 9.87. The van der Waals surface area contributed by atoms with Crippen LogP contribution in [-0.4, -0.2) is 28.9 Å². The van der Waals surface area contributed by atoms with Crippen LogP contribution in [0.1, 0.15) is 47.8 Å². The third-order valence-electron chi connectivity index (χ3n) is 5.66. The number of hydrogen-bond donors (Lipinski definition) is 1. The first-order chi connectivity index (χ1) is 11.7. The minimum Gasteiger partial charge on any atom is -0.358 e. The van der Waals surface area contributed by atoms with Crippen LogP contribution in [0.5, 0.6) is 0 Å². The number of rotatable bonds is 1. The largest absolute Gasteiger partial charge is 0.358 e. The minimum atomic E-state index is 0.101. The standard InChI is InChI=1S/C20H23N3O/c1-13-5-6-18-17(11-13)15-3-2-4-16(19(15)22-18)20(24)23-9-7-14(12-21)8-10-23/h2-4,13-14,22H,5-11H2,1H3. The van der Waals surface area contributed by atoms with Crippen LogP contribution in [-0.2, 0) is 12.8 Å². The number of fused-ring (bicyclic) bond motifs is 3. The first kappa shape index (κ1) is 15.3. The van der Waals surface area contributed by atoms with Crippen LogP contribution in [0.15, 0.2) is 18.2 Å². The van der Waals surface area contributed by atoms with Gasteiger partial charge in [-0.3, -0.25) is 4.79 Å². The predicted octanol–water partition coefficient (Wildman–Crippen LogP) is 3.67. The van der Waals surface area contributed by atoms with Crippen molar-refractivity contribution in [1.82, 2.24) is 9.88 Å². The number of aromatic nitrogens is 1. The van der Waals surface area contributed by atoms with E-state index in [-0.39, 0.29) is 11.8 Å². The molecular formula is C20H23N3O. The van der Waals surface area contributed by atoms with Gasteiger partial charge in [0.25, 0.3) is 5.91 Å². The van der Waals surface area contributed by atoms with Gasteiger partial charge in [-0.1, -0.05) is 19.1 Å². The van der Waals surface area contributed by atoms with Crippen molar-refractivity contribution in [3.63, 3.8) is 0 Å². The van der Waals surface area contributed by atoms with Gasteiger partial charge in [0.2, 0.25) is 0 Å². The Morgan fingerprint density at radius 2 is 2.08 bits per heavy atom. The zero-order chi connectivity index (χ0) is 16.7. The van der Waals surface area contributed by atoms with Crippen LogP contribution in [0, 0.1) is 23.2 Å². The van der Waals surface area contributed by atoms with E-state index in [9.17, 15) is 4.79 Å². The van der Waals surface area contributed by atoms with Gasteiger partial charge >= 0.3 is 0 Å². The molecule has 4 nitrogen and oxygen atoms in total. The third kappa shape index (κ3) is 2.49. The second kappa shape index (κ2) is 5.98. The number of piperidine rings is 1. The molecule has 4 rings (SSSR count). The van der Waals surface area contributed by atoms with Crippen LogP contribution < -0.4 is 0 Å². The van der Waals surface area contributed by atoms with Crippen LogP contribution in [0.25, 0.3) is 10.9 Å². The van der Waals surface area contributed by atoms with Crippen LogP contribution in [0.4, 0.5) is 0 Å². The number of nitriles is 1. The second-order valence-corrected chi connectivity index (χ2v) is 7.35. The second-order valence-electron chi connectivity index (χ2n) is 7.35. The number of nitrogens with one attached hydrogen (secondary N) is 1. The van der Waals surface area contributed by atoms with Gasteiger partial charge in [0.15, 0.2) is 0 Å². The molecule has 1 amide bonds. The minimum absolute atomic E-state index is 0.101. The lowest BCUT2D eigenvalue weighted by Gasteiger charge is -2.29. The fourth-order valence-electron chi connectivity index (χ4n) is 4.18. The fraction of sp³-hybridized carbons (Fsp3) is 0.500. The summed E-state index contributed by atoms with van der Waals surface area (Å²) in [5, 5.41) is 10.2. The van der Waals surface area contributed by atoms with E-state index in [1.165, 1.54) is 23.1 Å². The molecule has 2 heterocycles. The van der Waals surface area contributed by atoms with E-state index in [1.807, 2.05) is 17.0 Å². The molecule has 0 saturated carbocycles. The molecule has 1 atom stereocenters. The zero-order valence-electron chi connectivity index (χ0n) is 14.1. The van der Waals surface area contributed by atoms with Gasteiger partial charge in [-0.25, -0.2) is 0 Å². The SMILES string of the molecule is CC1CCc2[nH]c3c(C(=O)N4CCC(C#N)CC4)cccc3c2C1. The lowest BCUT2D eigenvalue weighted by Crippen LogP contribution is -2.38. The summed E-state index contributed by atoms with van der Waals surface area (Å²) in [7, 11) is 0. The number of para-hydroxylation sites is 1. The highest BCUT2D eigenvalue weighted by Crippen LogP contribution is 2.33. The van der Waals surface area contributed by atoms with Crippen molar-refractivity contribution in [2.45, 2.75) is 39.0 Å². The summed E-state index contributed by atoms with van der Waals surface area (Å²) in [6.45, 7) is 3.67. The van der Waals surface area contributed by atoms with Gasteiger partial charge in [0.1, 0.15) is 0 Å². The Hall–Kier alpha value is -2.28. The summed E-state index contributed by atoms with van der Waals surface area (Å²) in [5.41, 5.74) is 4.50. The Bertz CT molecular complexity index is 821. The van der Waals surface area contributed by atoms with Crippen LogP contribution >= 0.6 is 0 Å². The molecule has 0 spiro atoms. The van der Waals surface area contributed by atoms with E-state index in [2.05, 4.69) is 24.0 Å². The maximum Gasteiger partial charge on any atom is 0.255 e. The molecule has 1 N–H and O–H groups in total. The average molecular weight is 321 g/mol. The van der Waals surface area contributed by atoms with Gasteiger partial charge in [-0.15, -0.1) is 0 Å². The van der Waals surface area contributed by atoms with E-state index in [0.717, 1.165) is 36.8 Å². The zero-order valence-corrected chi connectivity index (χ0v) is 14.1. The van der Waals surface area contributed by atoms with E-state index < -0.39 is 0 Å². The van der Waals surface area contributed by atoms with Gasteiger partial charge in [0.05, 0.1) is 17.1 Å². The average Bonchev–Trinajstić information content (AvgIpc) is 2.99. The number of H-pyrrole nitrogens is 1. The normalized spacial score (nSPS) is 21.5. The van der Waals surface area contributed by atoms with Crippen molar-refractivity contribution in [3.05, 3.63) is 35.0 Å². The summed E-state index contributed by atoms with van der Waals surface area (Å²) < 4.78 is 0. The van der Waals surface area contributed by atoms with Gasteiger partial charge in [-0.2, -0.15) is 5.26 Å². The summed E-state index contributed by atoms with van der Waals surface area (Å²) >= 11 is 0. The van der Waals surface area contributed by atoms with Crippen molar-refractivity contribution < 1.29 is 4.79 Å². The highest BCUT2D eigenvalue weighted by Gasteiger charge is 2.27. The predicted molar refractivity (Wildman–Crippen MR) is 93.7 cm³/mol. The first-order valence-electron chi connectivity index (χ1n) is 8.98. The molecule has 1 saturated heterocycles. The molecule has 0 radical (unpaired) electrons. The Morgan fingerprint density at radius 1 is 1.29 bits per heavy atom. The molecule has 2 aromatic rings. The monoisotopic (exact) mass is 321 g/mol. The first-order valence-corrected chi connectivity index (χ1v) is 8.98. The number of carbonyl (C=O) groups excluding carboxylic acids is 1. The van der Waals surface area contributed by atoms with Crippen molar-refractivity contribution >= 4 is 16.8 Å². The topological polar surface area (TPSA) is 59.9 Å². The highest BCUT2D eigenvalue weighted by molar-refractivity contribution is 6.06. The molecule has 4 heteroatoms. The Labute approximate surface area is 142 Å². The van der Waals surface area contributed by atoms with Crippen molar-refractivity contribution in [2.75, 3.05) is 13.1 Å². The number of aryl methyl sites for hydroxylation is 1. The molecular weight excluding hydrogens is 298 g/mol. The third-order valence-corrected chi connectivity index (χ3v) is 5.66. The van der Waals surface area contributed by atoms with Crippen molar-refractivity contribution in [1.29, 1.82) is 5.26 Å². The highest BCUT2D eigenvalue weighted by atomic mass is 16.2. The smallest absolute Gasteiger partial charge is 0.255 e. The Kier molecular flexibility index (Phi) is 3.80. The summed E-state index contributed by atoms with van der Waals surface area (Å²) in [4.78, 5) is 18.5. The number of amides is 1. The molecule has 24 heavy (non-hydrogen) atoms. The summed E-state index contributed by atoms with van der Waals surface area (Å²) in [6, 6.07) is 8.41. The molecule has 1 unspecified atom stereocenters. The fourth-order valence-corrected chi connectivity index (χ4v) is 4.18. The number of aromatic amines is 1. The van der Waals surface area contributed by atoms with E-state index in [4.69, 9.17) is 5.26 Å². The number of carbonyl (C=O) groups is 1. The molecule has 1 fully saturated rings. The number of likely N-dealkylation sites (tertiary alicyclic amines) is 1. The molecule has 1 aromatic heterocycles. The van der Waals surface area contributed by atoms with Gasteiger partial charge in [-0.05, 0) is 49.7 Å². The Balaban J connectivity index is 1.68. The number of benzene rings is 1. The maximum absolute atomic E-state index is 13.0. The molecule has 1 aliphatic heterocycles. The lowest BCUT2D eigenvalue weighted by molar-refractivity contribution is 0.0709. The van der Waals surface area contributed by atoms with Gasteiger partial charge < -0.3 is 9.88 Å². The van der Waals surface area contributed by atoms with Crippen molar-refractivity contribution in [3.8, 4) is 6.07 Å². The molecule has 124 valence electrons. The van der Waals surface area contributed by atoms with Crippen LogP contribution in [0.3, 0.4) is 0 Å². The van der Waals surface area contributed by atoms with E-state index in [1.54, 1.807) is 0 Å². The summed E-state index contributed by atoms with van der Waals surface area (Å²) in [5.74, 6) is 0.911.